The second-order valence-corrected chi connectivity index (χ2v) is 5.53. The Hall–Kier alpha value is -0.870. The zero-order valence-electron chi connectivity index (χ0n) is 10.3. The molecule has 1 aromatic rings. The highest BCUT2D eigenvalue weighted by atomic mass is 32.2. The fourth-order valence-corrected chi connectivity index (χ4v) is 3.26. The standard InChI is InChI=1S/C13H20N2OS/c1-15(11-6-9-17-10-11)7-8-16-13-5-3-2-4-12(13)14/h2-5,11H,6-10,14H2,1H3. The van der Waals surface area contributed by atoms with Gasteiger partial charge in [-0.1, -0.05) is 12.1 Å². The van der Waals surface area contributed by atoms with Crippen LogP contribution in [-0.2, 0) is 0 Å². The van der Waals surface area contributed by atoms with Gasteiger partial charge in [-0.3, -0.25) is 4.90 Å². The van der Waals surface area contributed by atoms with Crippen LogP contribution in [0.1, 0.15) is 6.42 Å². The van der Waals surface area contributed by atoms with E-state index in [1.165, 1.54) is 17.9 Å². The number of nitrogens with two attached hydrogens (primary N) is 1. The average Bonchev–Trinajstić information content (AvgIpc) is 2.85. The van der Waals surface area contributed by atoms with Crippen molar-refractivity contribution in [1.82, 2.24) is 4.90 Å². The number of thioether (sulfide) groups is 1. The molecule has 0 spiro atoms. The SMILES string of the molecule is CN(CCOc1ccccc1N)C1CCSC1. The molecule has 2 N–H and O–H groups in total. The van der Waals surface area contributed by atoms with Crippen LogP contribution in [0.4, 0.5) is 5.69 Å². The number of rotatable bonds is 5. The summed E-state index contributed by atoms with van der Waals surface area (Å²) >= 11 is 2.04. The minimum Gasteiger partial charge on any atom is -0.490 e. The minimum atomic E-state index is 0.700. The summed E-state index contributed by atoms with van der Waals surface area (Å²) in [4.78, 5) is 2.39. The molecule has 2 rings (SSSR count). The summed E-state index contributed by atoms with van der Waals surface area (Å²) in [7, 11) is 2.17. The van der Waals surface area contributed by atoms with E-state index in [-0.39, 0.29) is 0 Å². The molecule has 1 heterocycles. The lowest BCUT2D eigenvalue weighted by Gasteiger charge is -2.23. The highest BCUT2D eigenvalue weighted by Crippen LogP contribution is 2.22. The number of anilines is 1. The number of nitrogens with zero attached hydrogens (tertiary/aromatic N) is 1. The van der Waals surface area contributed by atoms with E-state index in [0.29, 0.717) is 12.3 Å². The average molecular weight is 252 g/mol. The van der Waals surface area contributed by atoms with E-state index in [0.717, 1.165) is 18.3 Å². The zero-order valence-corrected chi connectivity index (χ0v) is 11.1. The third-order valence-electron chi connectivity index (χ3n) is 3.15. The highest BCUT2D eigenvalue weighted by molar-refractivity contribution is 7.99. The van der Waals surface area contributed by atoms with Crippen LogP contribution >= 0.6 is 11.8 Å². The normalized spacial score (nSPS) is 19.8. The monoisotopic (exact) mass is 252 g/mol. The van der Waals surface area contributed by atoms with Gasteiger partial charge in [-0.25, -0.2) is 0 Å². The maximum absolute atomic E-state index is 5.82. The van der Waals surface area contributed by atoms with Gasteiger partial charge >= 0.3 is 0 Å². The van der Waals surface area contributed by atoms with Crippen molar-refractivity contribution in [2.24, 2.45) is 0 Å². The van der Waals surface area contributed by atoms with Crippen molar-refractivity contribution in [3.63, 3.8) is 0 Å². The van der Waals surface area contributed by atoms with E-state index in [1.54, 1.807) is 0 Å². The summed E-state index contributed by atoms with van der Waals surface area (Å²) in [6, 6.07) is 8.37. The largest absolute Gasteiger partial charge is 0.490 e. The molecule has 1 unspecified atom stereocenters. The Kier molecular flexibility index (Phi) is 4.57. The number of ether oxygens (including phenoxy) is 1. The minimum absolute atomic E-state index is 0.700. The predicted octanol–water partition coefficient (Wildman–Crippen LogP) is 2.08. The molecule has 0 aromatic heterocycles. The summed E-state index contributed by atoms with van der Waals surface area (Å²) in [6.07, 6.45) is 1.30. The number of likely N-dealkylation sites (N-methyl/N-ethyl adjacent to an activating group) is 1. The molecule has 0 bridgehead atoms. The molecule has 1 fully saturated rings. The van der Waals surface area contributed by atoms with Crippen LogP contribution in [0, 0.1) is 0 Å². The van der Waals surface area contributed by atoms with Crippen LogP contribution in [0.25, 0.3) is 0 Å². The summed E-state index contributed by atoms with van der Waals surface area (Å²) in [6.45, 7) is 1.66. The van der Waals surface area contributed by atoms with Crippen molar-refractivity contribution in [3.05, 3.63) is 24.3 Å². The number of nitrogen functional groups attached to an aromatic ring is 1. The first kappa shape index (κ1) is 12.6. The van der Waals surface area contributed by atoms with Crippen LogP contribution in [-0.4, -0.2) is 42.6 Å². The van der Waals surface area contributed by atoms with Gasteiger partial charge in [-0.15, -0.1) is 0 Å². The van der Waals surface area contributed by atoms with Crippen molar-refractivity contribution in [3.8, 4) is 5.75 Å². The Morgan fingerprint density at radius 1 is 1.47 bits per heavy atom. The molecule has 1 aliphatic rings. The molecular formula is C13H20N2OS. The molecule has 0 saturated carbocycles. The lowest BCUT2D eigenvalue weighted by molar-refractivity contribution is 0.203. The molecule has 1 aromatic carbocycles. The van der Waals surface area contributed by atoms with E-state index in [9.17, 15) is 0 Å². The van der Waals surface area contributed by atoms with E-state index in [1.807, 2.05) is 36.0 Å². The maximum atomic E-state index is 5.82. The van der Waals surface area contributed by atoms with Crippen molar-refractivity contribution in [1.29, 1.82) is 0 Å². The molecule has 1 saturated heterocycles. The molecule has 1 atom stereocenters. The van der Waals surface area contributed by atoms with E-state index in [2.05, 4.69) is 11.9 Å². The van der Waals surface area contributed by atoms with Crippen molar-refractivity contribution < 1.29 is 4.74 Å². The molecule has 17 heavy (non-hydrogen) atoms. The van der Waals surface area contributed by atoms with Crippen molar-refractivity contribution in [2.45, 2.75) is 12.5 Å². The van der Waals surface area contributed by atoms with Crippen LogP contribution in [0.3, 0.4) is 0 Å². The van der Waals surface area contributed by atoms with Gasteiger partial charge in [0.05, 0.1) is 5.69 Å². The smallest absolute Gasteiger partial charge is 0.142 e. The Balaban J connectivity index is 1.74. The van der Waals surface area contributed by atoms with Gasteiger partial charge in [0.15, 0.2) is 0 Å². The molecule has 4 heteroatoms. The van der Waals surface area contributed by atoms with Gasteiger partial charge < -0.3 is 10.5 Å². The predicted molar refractivity (Wildman–Crippen MR) is 74.7 cm³/mol. The van der Waals surface area contributed by atoms with Gasteiger partial charge in [0.2, 0.25) is 0 Å². The van der Waals surface area contributed by atoms with Crippen LogP contribution in [0.5, 0.6) is 5.75 Å². The first-order valence-electron chi connectivity index (χ1n) is 6.02. The number of benzene rings is 1. The topological polar surface area (TPSA) is 38.5 Å². The van der Waals surface area contributed by atoms with Gasteiger partial charge in [-0.05, 0) is 31.4 Å². The highest BCUT2D eigenvalue weighted by Gasteiger charge is 2.19. The lowest BCUT2D eigenvalue weighted by atomic mass is 10.2. The summed E-state index contributed by atoms with van der Waals surface area (Å²) < 4.78 is 5.69. The second kappa shape index (κ2) is 6.17. The van der Waals surface area contributed by atoms with Gasteiger partial charge in [0.25, 0.3) is 0 Å². The number of hydrogen-bond acceptors (Lipinski definition) is 4. The second-order valence-electron chi connectivity index (χ2n) is 4.38. The Morgan fingerprint density at radius 3 is 3.00 bits per heavy atom. The first-order chi connectivity index (χ1) is 8.27. The summed E-state index contributed by atoms with van der Waals surface area (Å²) in [5.74, 6) is 3.34. The molecular weight excluding hydrogens is 232 g/mol. The Labute approximate surface area is 107 Å². The fraction of sp³-hybridized carbons (Fsp3) is 0.538. The number of hydrogen-bond donors (Lipinski definition) is 1. The van der Waals surface area contributed by atoms with Crippen LogP contribution < -0.4 is 10.5 Å². The van der Waals surface area contributed by atoms with Gasteiger partial charge in [-0.2, -0.15) is 11.8 Å². The Morgan fingerprint density at radius 2 is 2.29 bits per heavy atom. The van der Waals surface area contributed by atoms with Gasteiger partial charge in [0, 0.05) is 18.3 Å². The van der Waals surface area contributed by atoms with E-state index >= 15 is 0 Å². The van der Waals surface area contributed by atoms with Crippen molar-refractivity contribution >= 4 is 17.4 Å². The van der Waals surface area contributed by atoms with Gasteiger partial charge in [0.1, 0.15) is 12.4 Å². The molecule has 1 aliphatic heterocycles. The summed E-state index contributed by atoms with van der Waals surface area (Å²) in [5.41, 5.74) is 6.53. The van der Waals surface area contributed by atoms with E-state index < -0.39 is 0 Å². The van der Waals surface area contributed by atoms with Crippen LogP contribution in [0.15, 0.2) is 24.3 Å². The van der Waals surface area contributed by atoms with Crippen LogP contribution in [0.2, 0.25) is 0 Å². The van der Waals surface area contributed by atoms with Crippen molar-refractivity contribution in [2.75, 3.05) is 37.4 Å². The first-order valence-corrected chi connectivity index (χ1v) is 7.18. The Bertz CT molecular complexity index is 353. The molecule has 0 aliphatic carbocycles. The third kappa shape index (κ3) is 3.54. The maximum Gasteiger partial charge on any atom is 0.142 e. The lowest BCUT2D eigenvalue weighted by Crippen LogP contribution is -2.34. The van der Waals surface area contributed by atoms with E-state index in [4.69, 9.17) is 10.5 Å². The quantitative estimate of drug-likeness (QED) is 0.814. The zero-order chi connectivity index (χ0) is 12.1. The molecule has 3 nitrogen and oxygen atoms in total. The molecule has 0 radical (unpaired) electrons. The number of para-hydroxylation sites is 2. The molecule has 94 valence electrons. The molecule has 0 amide bonds. The summed E-state index contributed by atoms with van der Waals surface area (Å²) in [5, 5.41) is 0. The third-order valence-corrected chi connectivity index (χ3v) is 4.29. The fourth-order valence-electron chi connectivity index (χ4n) is 1.96.